The summed E-state index contributed by atoms with van der Waals surface area (Å²) in [5.41, 5.74) is 0. The minimum Gasteiger partial charge on any atom is -0.320 e. The molecule has 0 aromatic carbocycles. The molecule has 1 atom stereocenters. The highest BCUT2D eigenvalue weighted by molar-refractivity contribution is 7.89. The molecule has 0 aromatic heterocycles. The number of likely N-dealkylation sites (tertiary alicyclic amines) is 1. The highest BCUT2D eigenvalue weighted by Gasteiger charge is 2.22. The van der Waals surface area contributed by atoms with Crippen molar-refractivity contribution in [2.24, 2.45) is 5.92 Å². The topological polar surface area (TPSA) is 61.4 Å². The van der Waals surface area contributed by atoms with Crippen LogP contribution >= 0.6 is 0 Å². The van der Waals surface area contributed by atoms with Gasteiger partial charge in [-0.05, 0) is 45.4 Å². The van der Waals surface area contributed by atoms with Crippen LogP contribution in [0.15, 0.2) is 0 Å². The van der Waals surface area contributed by atoms with Crippen LogP contribution in [0.1, 0.15) is 19.8 Å². The lowest BCUT2D eigenvalue weighted by Crippen LogP contribution is -2.33. The molecule has 1 aliphatic heterocycles. The van der Waals surface area contributed by atoms with Crippen molar-refractivity contribution in [3.8, 4) is 0 Å². The zero-order valence-corrected chi connectivity index (χ0v) is 11.7. The van der Waals surface area contributed by atoms with Gasteiger partial charge in [0.05, 0.1) is 5.75 Å². The van der Waals surface area contributed by atoms with E-state index in [-0.39, 0.29) is 5.75 Å². The van der Waals surface area contributed by atoms with E-state index in [1.54, 1.807) is 0 Å². The van der Waals surface area contributed by atoms with E-state index >= 15 is 0 Å². The van der Waals surface area contributed by atoms with E-state index in [0.717, 1.165) is 32.6 Å². The summed E-state index contributed by atoms with van der Waals surface area (Å²) in [5.74, 6) is 0.701. The molecule has 0 saturated carbocycles. The predicted octanol–water partition coefficient (Wildman–Crippen LogP) is -0.143. The minimum atomic E-state index is -3.07. The van der Waals surface area contributed by atoms with Gasteiger partial charge in [0.1, 0.15) is 0 Å². The number of rotatable bonds is 8. The average molecular weight is 263 g/mol. The molecule has 5 nitrogen and oxygen atoms in total. The van der Waals surface area contributed by atoms with Crippen LogP contribution in [0.3, 0.4) is 0 Å². The average Bonchev–Trinajstić information content (AvgIpc) is 2.75. The Morgan fingerprint density at radius 3 is 2.76 bits per heavy atom. The smallest absolute Gasteiger partial charge is 0.211 e. The molecule has 0 bridgehead atoms. The van der Waals surface area contributed by atoms with Gasteiger partial charge in [0.25, 0.3) is 0 Å². The first-order valence-electron chi connectivity index (χ1n) is 6.41. The van der Waals surface area contributed by atoms with Gasteiger partial charge in [-0.25, -0.2) is 13.1 Å². The fourth-order valence-corrected chi connectivity index (χ4v) is 3.28. The lowest BCUT2D eigenvalue weighted by Gasteiger charge is -2.13. The van der Waals surface area contributed by atoms with E-state index in [4.69, 9.17) is 0 Å². The maximum absolute atomic E-state index is 11.7. The van der Waals surface area contributed by atoms with Gasteiger partial charge in [-0.3, -0.25) is 0 Å². The molecule has 17 heavy (non-hydrogen) atoms. The van der Waals surface area contributed by atoms with Crippen molar-refractivity contribution in [3.63, 3.8) is 0 Å². The van der Waals surface area contributed by atoms with E-state index < -0.39 is 10.0 Å². The molecule has 0 aliphatic carbocycles. The molecule has 0 radical (unpaired) electrons. The summed E-state index contributed by atoms with van der Waals surface area (Å²) in [6.07, 6.45) is 1.77. The molecule has 1 fully saturated rings. The molecule has 0 spiro atoms. The van der Waals surface area contributed by atoms with Crippen LogP contribution in [0.4, 0.5) is 0 Å². The largest absolute Gasteiger partial charge is 0.320 e. The third kappa shape index (κ3) is 5.81. The maximum atomic E-state index is 11.7. The predicted molar refractivity (Wildman–Crippen MR) is 70.6 cm³/mol. The Hall–Kier alpha value is -0.170. The Bertz CT molecular complexity index is 306. The molecule has 1 aliphatic rings. The second-order valence-corrected chi connectivity index (χ2v) is 6.60. The van der Waals surface area contributed by atoms with E-state index in [9.17, 15) is 8.42 Å². The third-order valence-corrected chi connectivity index (χ3v) is 4.68. The summed E-state index contributed by atoms with van der Waals surface area (Å²) in [7, 11) is -1.24. The maximum Gasteiger partial charge on any atom is 0.211 e. The van der Waals surface area contributed by atoms with Crippen molar-refractivity contribution in [2.45, 2.75) is 19.8 Å². The summed E-state index contributed by atoms with van der Waals surface area (Å²) < 4.78 is 26.0. The van der Waals surface area contributed by atoms with Gasteiger partial charge in [0.2, 0.25) is 10.0 Å². The van der Waals surface area contributed by atoms with Crippen molar-refractivity contribution < 1.29 is 8.42 Å². The Kier molecular flexibility index (Phi) is 6.40. The van der Waals surface area contributed by atoms with Crippen molar-refractivity contribution >= 4 is 10.0 Å². The van der Waals surface area contributed by atoms with E-state index in [0.29, 0.717) is 18.9 Å². The number of hydrogen-bond acceptors (Lipinski definition) is 4. The highest BCUT2D eigenvalue weighted by Crippen LogP contribution is 2.14. The molecule has 0 amide bonds. The summed E-state index contributed by atoms with van der Waals surface area (Å²) in [6.45, 7) is 6.67. The van der Waals surface area contributed by atoms with Crippen LogP contribution in [0, 0.1) is 5.92 Å². The lowest BCUT2D eigenvalue weighted by molar-refractivity contribution is 0.342. The van der Waals surface area contributed by atoms with Crippen LogP contribution in [0.25, 0.3) is 0 Å². The van der Waals surface area contributed by atoms with Crippen molar-refractivity contribution in [2.75, 3.05) is 45.5 Å². The molecule has 0 aromatic rings. The van der Waals surface area contributed by atoms with Gasteiger partial charge in [-0.1, -0.05) is 6.92 Å². The van der Waals surface area contributed by atoms with Crippen molar-refractivity contribution in [3.05, 3.63) is 0 Å². The SMILES string of the molecule is CCN1CCC(CNS(=O)(=O)CCCNC)C1. The van der Waals surface area contributed by atoms with Gasteiger partial charge in [-0.15, -0.1) is 0 Å². The second-order valence-electron chi connectivity index (χ2n) is 4.67. The minimum absolute atomic E-state index is 0.220. The Morgan fingerprint density at radius 1 is 1.41 bits per heavy atom. The summed E-state index contributed by atoms with van der Waals surface area (Å²) in [5, 5.41) is 2.95. The van der Waals surface area contributed by atoms with E-state index in [1.165, 1.54) is 0 Å². The van der Waals surface area contributed by atoms with Crippen LogP contribution < -0.4 is 10.0 Å². The second kappa shape index (κ2) is 7.31. The first kappa shape index (κ1) is 14.9. The fraction of sp³-hybridized carbons (Fsp3) is 1.00. The summed E-state index contributed by atoms with van der Waals surface area (Å²) >= 11 is 0. The normalized spacial score (nSPS) is 22.1. The molecule has 1 heterocycles. The third-order valence-electron chi connectivity index (χ3n) is 3.25. The molecular formula is C11H25N3O2S. The van der Waals surface area contributed by atoms with Crippen molar-refractivity contribution in [1.82, 2.24) is 14.9 Å². The van der Waals surface area contributed by atoms with Crippen LogP contribution in [-0.4, -0.2) is 58.8 Å². The standard InChI is InChI=1S/C11H25N3O2S/c1-3-14-7-5-11(10-14)9-13-17(15,16)8-4-6-12-2/h11-13H,3-10H2,1-2H3. The monoisotopic (exact) mass is 263 g/mol. The molecule has 102 valence electrons. The van der Waals surface area contributed by atoms with E-state index in [1.807, 2.05) is 7.05 Å². The van der Waals surface area contributed by atoms with Crippen molar-refractivity contribution in [1.29, 1.82) is 0 Å². The first-order valence-corrected chi connectivity index (χ1v) is 8.07. The van der Waals surface area contributed by atoms with Gasteiger partial charge >= 0.3 is 0 Å². The zero-order chi connectivity index (χ0) is 12.7. The molecule has 2 N–H and O–H groups in total. The van der Waals surface area contributed by atoms with Gasteiger partial charge in [0.15, 0.2) is 0 Å². The summed E-state index contributed by atoms with van der Waals surface area (Å²) in [6, 6.07) is 0. The van der Waals surface area contributed by atoms with Crippen LogP contribution in [0.2, 0.25) is 0 Å². The quantitative estimate of drug-likeness (QED) is 0.598. The van der Waals surface area contributed by atoms with Crippen LogP contribution in [-0.2, 0) is 10.0 Å². The molecule has 1 rings (SSSR count). The van der Waals surface area contributed by atoms with E-state index in [2.05, 4.69) is 21.9 Å². The first-order chi connectivity index (χ1) is 8.07. The number of nitrogens with zero attached hydrogens (tertiary/aromatic N) is 1. The van der Waals surface area contributed by atoms with Gasteiger partial charge in [-0.2, -0.15) is 0 Å². The Morgan fingerprint density at radius 2 is 2.18 bits per heavy atom. The summed E-state index contributed by atoms with van der Waals surface area (Å²) in [4.78, 5) is 2.36. The Balaban J connectivity index is 2.21. The number of nitrogens with one attached hydrogen (secondary N) is 2. The van der Waals surface area contributed by atoms with Crippen LogP contribution in [0.5, 0.6) is 0 Å². The fourth-order valence-electron chi connectivity index (χ4n) is 2.12. The zero-order valence-electron chi connectivity index (χ0n) is 10.9. The van der Waals surface area contributed by atoms with Gasteiger partial charge < -0.3 is 10.2 Å². The lowest BCUT2D eigenvalue weighted by atomic mass is 10.1. The van der Waals surface area contributed by atoms with Gasteiger partial charge in [0, 0.05) is 13.1 Å². The molecule has 6 heteroatoms. The molecule has 1 unspecified atom stereocenters. The molecular weight excluding hydrogens is 238 g/mol. The number of sulfonamides is 1. The number of hydrogen-bond donors (Lipinski definition) is 2. The highest BCUT2D eigenvalue weighted by atomic mass is 32.2. The Labute approximate surface area is 105 Å². The molecule has 1 saturated heterocycles.